The van der Waals surface area contributed by atoms with Gasteiger partial charge in [0, 0.05) is 23.5 Å². The van der Waals surface area contributed by atoms with Gasteiger partial charge in [0.2, 0.25) is 5.91 Å². The summed E-state index contributed by atoms with van der Waals surface area (Å²) in [7, 11) is 0. The molecule has 1 aliphatic carbocycles. The van der Waals surface area contributed by atoms with Gasteiger partial charge in [-0.25, -0.2) is 0 Å². The van der Waals surface area contributed by atoms with Crippen LogP contribution in [0.5, 0.6) is 0 Å². The van der Waals surface area contributed by atoms with Crippen LogP contribution in [0.3, 0.4) is 0 Å². The third kappa shape index (κ3) is 4.78. The molecule has 3 heteroatoms. The predicted molar refractivity (Wildman–Crippen MR) is 78.8 cm³/mol. The van der Waals surface area contributed by atoms with E-state index in [0.29, 0.717) is 6.04 Å². The lowest BCUT2D eigenvalue weighted by Gasteiger charge is -2.24. The van der Waals surface area contributed by atoms with Gasteiger partial charge in [-0.2, -0.15) is 0 Å². The monoisotopic (exact) mass is 258 g/mol. The van der Waals surface area contributed by atoms with Gasteiger partial charge in [0.25, 0.3) is 0 Å². The van der Waals surface area contributed by atoms with Crippen molar-refractivity contribution >= 4 is 11.6 Å². The van der Waals surface area contributed by atoms with Gasteiger partial charge in [-0.15, -0.1) is 0 Å². The molecule has 1 saturated carbocycles. The highest BCUT2D eigenvalue weighted by molar-refractivity contribution is 5.99. The number of carbonyl (C=O) groups excluding carboxylic acids is 1. The molecule has 2 rings (SSSR count). The number of para-hydroxylation sites is 1. The lowest BCUT2D eigenvalue weighted by molar-refractivity contribution is -0.112. The van der Waals surface area contributed by atoms with Gasteiger partial charge in [-0.1, -0.05) is 37.5 Å². The van der Waals surface area contributed by atoms with E-state index in [0.717, 1.165) is 11.4 Å². The molecule has 0 aliphatic heterocycles. The molecule has 0 saturated heterocycles. The van der Waals surface area contributed by atoms with Crippen molar-refractivity contribution in [2.75, 3.05) is 5.32 Å². The molecule has 102 valence electrons. The summed E-state index contributed by atoms with van der Waals surface area (Å²) in [6.45, 7) is 1.96. The first-order valence-corrected chi connectivity index (χ1v) is 7.05. The summed E-state index contributed by atoms with van der Waals surface area (Å²) in [6, 6.07) is 10.1. The standard InChI is InChI=1S/C16H22N2O/c1-13(17-14-8-4-2-5-9-14)12-16(19)18-15-10-6-3-7-11-15/h3,6-7,10-12,14,17H,2,4-5,8-9H2,1H3,(H,18,19)/b13-12+. The van der Waals surface area contributed by atoms with E-state index in [1.807, 2.05) is 37.3 Å². The number of hydrogen-bond acceptors (Lipinski definition) is 2. The van der Waals surface area contributed by atoms with Crippen molar-refractivity contribution in [3.8, 4) is 0 Å². The second-order valence-corrected chi connectivity index (χ2v) is 5.16. The van der Waals surface area contributed by atoms with Crippen molar-refractivity contribution < 1.29 is 4.79 Å². The van der Waals surface area contributed by atoms with Crippen LogP contribution < -0.4 is 10.6 Å². The Bertz CT molecular complexity index is 433. The van der Waals surface area contributed by atoms with Gasteiger partial charge >= 0.3 is 0 Å². The molecule has 0 heterocycles. The molecular formula is C16H22N2O. The van der Waals surface area contributed by atoms with E-state index in [4.69, 9.17) is 0 Å². The molecule has 1 amide bonds. The number of anilines is 1. The molecule has 0 radical (unpaired) electrons. The largest absolute Gasteiger partial charge is 0.386 e. The maximum absolute atomic E-state index is 11.8. The summed E-state index contributed by atoms with van der Waals surface area (Å²) in [5.74, 6) is -0.0768. The predicted octanol–water partition coefficient (Wildman–Crippen LogP) is 3.45. The fraction of sp³-hybridized carbons (Fsp3) is 0.438. The Labute approximate surface area is 115 Å². The maximum atomic E-state index is 11.8. The fourth-order valence-electron chi connectivity index (χ4n) is 2.51. The van der Waals surface area contributed by atoms with Crippen LogP contribution in [0.25, 0.3) is 0 Å². The zero-order valence-corrected chi connectivity index (χ0v) is 11.5. The van der Waals surface area contributed by atoms with Crippen molar-refractivity contribution in [2.24, 2.45) is 0 Å². The quantitative estimate of drug-likeness (QED) is 0.812. The summed E-state index contributed by atoms with van der Waals surface area (Å²) >= 11 is 0. The summed E-state index contributed by atoms with van der Waals surface area (Å²) in [5, 5.41) is 6.29. The minimum Gasteiger partial charge on any atom is -0.386 e. The topological polar surface area (TPSA) is 41.1 Å². The molecule has 0 unspecified atom stereocenters. The zero-order valence-electron chi connectivity index (χ0n) is 11.5. The minimum absolute atomic E-state index is 0.0768. The molecular weight excluding hydrogens is 236 g/mol. The molecule has 1 fully saturated rings. The molecule has 3 nitrogen and oxygen atoms in total. The third-order valence-corrected chi connectivity index (χ3v) is 3.43. The Morgan fingerprint density at radius 3 is 2.53 bits per heavy atom. The average Bonchev–Trinajstić information content (AvgIpc) is 2.40. The van der Waals surface area contributed by atoms with Gasteiger partial charge in [-0.05, 0) is 31.9 Å². The Morgan fingerprint density at radius 2 is 1.84 bits per heavy atom. The van der Waals surface area contributed by atoms with Gasteiger partial charge in [-0.3, -0.25) is 4.79 Å². The van der Waals surface area contributed by atoms with E-state index in [-0.39, 0.29) is 5.91 Å². The summed E-state index contributed by atoms with van der Waals surface area (Å²) in [5.41, 5.74) is 1.77. The molecule has 0 bridgehead atoms. The Morgan fingerprint density at radius 1 is 1.16 bits per heavy atom. The van der Waals surface area contributed by atoms with Crippen LogP contribution in [0.15, 0.2) is 42.1 Å². The summed E-state index contributed by atoms with van der Waals surface area (Å²) < 4.78 is 0. The Balaban J connectivity index is 1.83. The Kier molecular flexibility index (Phi) is 5.01. The highest BCUT2D eigenvalue weighted by Crippen LogP contribution is 2.18. The van der Waals surface area contributed by atoms with Crippen molar-refractivity contribution in [2.45, 2.75) is 45.1 Å². The van der Waals surface area contributed by atoms with Crippen molar-refractivity contribution in [3.05, 3.63) is 42.1 Å². The summed E-state index contributed by atoms with van der Waals surface area (Å²) in [4.78, 5) is 11.8. The van der Waals surface area contributed by atoms with E-state index in [1.165, 1.54) is 32.1 Å². The highest BCUT2D eigenvalue weighted by Gasteiger charge is 2.12. The number of nitrogens with one attached hydrogen (secondary N) is 2. The van der Waals surface area contributed by atoms with Crippen molar-refractivity contribution in [1.82, 2.24) is 5.32 Å². The van der Waals surface area contributed by atoms with E-state index < -0.39 is 0 Å². The number of benzene rings is 1. The molecule has 0 atom stereocenters. The summed E-state index contributed by atoms with van der Waals surface area (Å²) in [6.07, 6.45) is 8.00. The molecule has 19 heavy (non-hydrogen) atoms. The van der Waals surface area contributed by atoms with Crippen LogP contribution in [0, 0.1) is 0 Å². The van der Waals surface area contributed by atoms with E-state index in [9.17, 15) is 4.79 Å². The first-order valence-electron chi connectivity index (χ1n) is 7.05. The molecule has 0 spiro atoms. The normalized spacial score (nSPS) is 17.0. The van der Waals surface area contributed by atoms with E-state index in [2.05, 4.69) is 10.6 Å². The van der Waals surface area contributed by atoms with Crippen LogP contribution in [0.4, 0.5) is 5.69 Å². The number of amides is 1. The van der Waals surface area contributed by atoms with Gasteiger partial charge in [0.1, 0.15) is 0 Å². The zero-order chi connectivity index (χ0) is 13.5. The Hall–Kier alpha value is -1.77. The average molecular weight is 258 g/mol. The number of hydrogen-bond donors (Lipinski definition) is 2. The van der Waals surface area contributed by atoms with Crippen molar-refractivity contribution in [3.63, 3.8) is 0 Å². The maximum Gasteiger partial charge on any atom is 0.250 e. The van der Waals surface area contributed by atoms with Crippen LogP contribution >= 0.6 is 0 Å². The van der Waals surface area contributed by atoms with Crippen LogP contribution in [-0.4, -0.2) is 11.9 Å². The smallest absolute Gasteiger partial charge is 0.250 e. The van der Waals surface area contributed by atoms with E-state index >= 15 is 0 Å². The second kappa shape index (κ2) is 6.98. The fourth-order valence-corrected chi connectivity index (χ4v) is 2.51. The molecule has 1 aromatic carbocycles. The molecule has 2 N–H and O–H groups in total. The number of allylic oxidation sites excluding steroid dienone is 1. The lowest BCUT2D eigenvalue weighted by atomic mass is 9.95. The third-order valence-electron chi connectivity index (χ3n) is 3.43. The second-order valence-electron chi connectivity index (χ2n) is 5.16. The number of carbonyl (C=O) groups is 1. The van der Waals surface area contributed by atoms with Crippen molar-refractivity contribution in [1.29, 1.82) is 0 Å². The van der Waals surface area contributed by atoms with E-state index in [1.54, 1.807) is 6.08 Å². The molecule has 1 aliphatic rings. The lowest BCUT2D eigenvalue weighted by Crippen LogP contribution is -2.30. The molecule has 1 aromatic rings. The van der Waals surface area contributed by atoms with Gasteiger partial charge < -0.3 is 10.6 Å². The van der Waals surface area contributed by atoms with Gasteiger partial charge in [0.15, 0.2) is 0 Å². The minimum atomic E-state index is -0.0768. The van der Waals surface area contributed by atoms with Crippen LogP contribution in [0.2, 0.25) is 0 Å². The SMILES string of the molecule is C/C(=C\C(=O)Nc1ccccc1)NC1CCCCC1. The first kappa shape index (κ1) is 13.7. The van der Waals surface area contributed by atoms with Gasteiger partial charge in [0.05, 0.1) is 0 Å². The first-order chi connectivity index (χ1) is 9.24. The number of rotatable bonds is 4. The van der Waals surface area contributed by atoms with Crippen LogP contribution in [-0.2, 0) is 4.79 Å². The van der Waals surface area contributed by atoms with Crippen LogP contribution in [0.1, 0.15) is 39.0 Å². The highest BCUT2D eigenvalue weighted by atomic mass is 16.1. The molecule has 0 aromatic heterocycles.